The van der Waals surface area contributed by atoms with E-state index in [1.807, 2.05) is 0 Å². The number of nitrogens with one attached hydrogen (secondary N) is 2. The first-order valence-electron chi connectivity index (χ1n) is 5.44. The van der Waals surface area contributed by atoms with Gasteiger partial charge >= 0.3 is 6.03 Å². The molecule has 20 heavy (non-hydrogen) atoms. The number of hydrogen-bond donors (Lipinski definition) is 2. The first-order chi connectivity index (χ1) is 9.47. The van der Waals surface area contributed by atoms with Crippen molar-refractivity contribution in [3.63, 3.8) is 0 Å². The lowest BCUT2D eigenvalue weighted by molar-refractivity contribution is 0.262. The molecule has 0 bridgehead atoms. The second-order valence-corrected chi connectivity index (χ2v) is 5.85. The van der Waals surface area contributed by atoms with Crippen LogP contribution in [0.5, 0.6) is 0 Å². The van der Waals surface area contributed by atoms with E-state index in [1.165, 1.54) is 0 Å². The van der Waals surface area contributed by atoms with E-state index in [1.54, 1.807) is 36.4 Å². The topological polar surface area (TPSA) is 41.1 Å². The minimum Gasteiger partial charge on any atom is -0.307 e. The maximum atomic E-state index is 11.9. The Balaban J connectivity index is 2.13. The summed E-state index contributed by atoms with van der Waals surface area (Å²) in [6, 6.07) is 9.52. The van der Waals surface area contributed by atoms with Crippen LogP contribution in [0.2, 0.25) is 15.1 Å². The molecule has 0 radical (unpaired) electrons. The fourth-order valence-electron chi connectivity index (χ4n) is 1.47. The standard InChI is InChI=1S/C13H8BrCl3N2O/c14-12-9(17)2-1-3-10(12)18-13(20)19-11-6-7(15)4-5-8(11)16/h1-6H,(H2,18,19,20). The van der Waals surface area contributed by atoms with Crippen LogP contribution in [0.1, 0.15) is 0 Å². The van der Waals surface area contributed by atoms with Crippen LogP contribution < -0.4 is 10.6 Å². The van der Waals surface area contributed by atoms with Crippen LogP contribution in [-0.2, 0) is 0 Å². The molecule has 0 aliphatic rings. The fourth-order valence-corrected chi connectivity index (χ4v) is 2.34. The molecule has 0 saturated heterocycles. The van der Waals surface area contributed by atoms with Crippen LogP contribution in [0.4, 0.5) is 16.2 Å². The summed E-state index contributed by atoms with van der Waals surface area (Å²) in [5.41, 5.74) is 0.975. The number of carbonyl (C=O) groups is 1. The molecule has 2 amide bonds. The Kier molecular flexibility index (Phi) is 5.16. The maximum absolute atomic E-state index is 11.9. The number of amides is 2. The largest absolute Gasteiger partial charge is 0.323 e. The van der Waals surface area contributed by atoms with Gasteiger partial charge in [0.2, 0.25) is 0 Å². The normalized spacial score (nSPS) is 10.2. The van der Waals surface area contributed by atoms with E-state index in [2.05, 4.69) is 26.6 Å². The quantitative estimate of drug-likeness (QED) is 0.639. The smallest absolute Gasteiger partial charge is 0.307 e. The predicted octanol–water partition coefficient (Wildman–Crippen LogP) is 6.05. The minimum absolute atomic E-state index is 0.398. The highest BCUT2D eigenvalue weighted by Crippen LogP contribution is 2.30. The Morgan fingerprint density at radius 3 is 2.40 bits per heavy atom. The first-order valence-corrected chi connectivity index (χ1v) is 7.37. The van der Waals surface area contributed by atoms with Crippen LogP contribution in [-0.4, -0.2) is 6.03 Å². The number of carbonyl (C=O) groups excluding carboxylic acids is 1. The monoisotopic (exact) mass is 392 g/mol. The molecule has 0 atom stereocenters. The van der Waals surface area contributed by atoms with Gasteiger partial charge in [-0.3, -0.25) is 0 Å². The van der Waals surface area contributed by atoms with E-state index in [0.717, 1.165) is 0 Å². The molecule has 2 rings (SSSR count). The number of benzene rings is 2. The molecule has 0 saturated carbocycles. The van der Waals surface area contributed by atoms with Gasteiger partial charge in [0.25, 0.3) is 0 Å². The van der Waals surface area contributed by atoms with Gasteiger partial charge in [-0.25, -0.2) is 4.79 Å². The number of anilines is 2. The molecule has 0 fully saturated rings. The molecule has 3 nitrogen and oxygen atoms in total. The number of halogens is 4. The van der Waals surface area contributed by atoms with E-state index in [0.29, 0.717) is 30.9 Å². The number of hydrogen-bond acceptors (Lipinski definition) is 1. The summed E-state index contributed by atoms with van der Waals surface area (Å²) < 4.78 is 0.606. The highest BCUT2D eigenvalue weighted by Gasteiger charge is 2.09. The van der Waals surface area contributed by atoms with Gasteiger partial charge in [0.05, 0.1) is 25.9 Å². The highest BCUT2D eigenvalue weighted by molar-refractivity contribution is 9.10. The Morgan fingerprint density at radius 1 is 0.950 bits per heavy atom. The van der Waals surface area contributed by atoms with Gasteiger partial charge in [0.1, 0.15) is 0 Å². The third-order valence-corrected chi connectivity index (χ3v) is 4.34. The summed E-state index contributed by atoms with van der Waals surface area (Å²) >= 11 is 21.1. The van der Waals surface area contributed by atoms with Crippen molar-refractivity contribution in [1.82, 2.24) is 0 Å². The minimum atomic E-state index is -0.447. The van der Waals surface area contributed by atoms with Crippen molar-refractivity contribution in [3.8, 4) is 0 Å². The van der Waals surface area contributed by atoms with Gasteiger partial charge in [-0.2, -0.15) is 0 Å². The summed E-state index contributed by atoms with van der Waals surface area (Å²) in [4.78, 5) is 11.9. The summed E-state index contributed by atoms with van der Waals surface area (Å²) in [5.74, 6) is 0. The first kappa shape index (κ1) is 15.4. The predicted molar refractivity (Wildman–Crippen MR) is 88.3 cm³/mol. The van der Waals surface area contributed by atoms with E-state index >= 15 is 0 Å². The SMILES string of the molecule is O=C(Nc1cc(Cl)ccc1Cl)Nc1cccc(Cl)c1Br. The molecule has 2 N–H and O–H groups in total. The molecule has 0 aromatic heterocycles. The zero-order valence-electron chi connectivity index (χ0n) is 9.88. The summed E-state index contributed by atoms with van der Waals surface area (Å²) in [7, 11) is 0. The third kappa shape index (κ3) is 3.79. The molecule has 0 unspecified atom stereocenters. The molecule has 104 valence electrons. The van der Waals surface area contributed by atoms with Crippen molar-refractivity contribution in [1.29, 1.82) is 0 Å². The Hall–Kier alpha value is -0.940. The van der Waals surface area contributed by atoms with Crippen LogP contribution in [0.3, 0.4) is 0 Å². The second-order valence-electron chi connectivity index (χ2n) is 3.80. The van der Waals surface area contributed by atoms with E-state index < -0.39 is 6.03 Å². The summed E-state index contributed by atoms with van der Waals surface area (Å²) in [6.07, 6.45) is 0. The highest BCUT2D eigenvalue weighted by atomic mass is 79.9. The molecule has 2 aromatic carbocycles. The van der Waals surface area contributed by atoms with Gasteiger partial charge in [-0.15, -0.1) is 0 Å². The third-order valence-electron chi connectivity index (χ3n) is 2.38. The van der Waals surface area contributed by atoms with Gasteiger partial charge in [-0.1, -0.05) is 40.9 Å². The Labute approximate surface area is 139 Å². The average Bonchev–Trinajstić information content (AvgIpc) is 2.39. The van der Waals surface area contributed by atoms with Crippen molar-refractivity contribution in [2.24, 2.45) is 0 Å². The van der Waals surface area contributed by atoms with Gasteiger partial charge in [-0.05, 0) is 46.3 Å². The van der Waals surface area contributed by atoms with Crippen molar-refractivity contribution < 1.29 is 4.79 Å². The zero-order chi connectivity index (χ0) is 14.7. The van der Waals surface area contributed by atoms with Crippen molar-refractivity contribution >= 4 is 68.1 Å². The van der Waals surface area contributed by atoms with E-state index in [4.69, 9.17) is 34.8 Å². The lowest BCUT2D eigenvalue weighted by Crippen LogP contribution is -2.19. The summed E-state index contributed by atoms with van der Waals surface area (Å²) in [5, 5.41) is 6.66. The van der Waals surface area contributed by atoms with Crippen molar-refractivity contribution in [2.45, 2.75) is 0 Å². The lowest BCUT2D eigenvalue weighted by Gasteiger charge is -2.11. The summed E-state index contributed by atoms with van der Waals surface area (Å²) in [6.45, 7) is 0. The molecule has 0 spiro atoms. The fraction of sp³-hybridized carbons (Fsp3) is 0. The lowest BCUT2D eigenvalue weighted by atomic mass is 10.3. The van der Waals surface area contributed by atoms with E-state index in [9.17, 15) is 4.79 Å². The van der Waals surface area contributed by atoms with Crippen molar-refractivity contribution in [3.05, 3.63) is 55.9 Å². The van der Waals surface area contributed by atoms with Gasteiger partial charge < -0.3 is 10.6 Å². The molecular weight excluding hydrogens is 386 g/mol. The van der Waals surface area contributed by atoms with Crippen LogP contribution >= 0.6 is 50.7 Å². The molecule has 0 heterocycles. The van der Waals surface area contributed by atoms with Crippen LogP contribution in [0.25, 0.3) is 0 Å². The number of rotatable bonds is 2. The van der Waals surface area contributed by atoms with E-state index in [-0.39, 0.29) is 0 Å². The Bertz CT molecular complexity index is 658. The molecule has 7 heteroatoms. The zero-order valence-corrected chi connectivity index (χ0v) is 13.7. The molecule has 2 aromatic rings. The van der Waals surface area contributed by atoms with Gasteiger partial charge in [0, 0.05) is 5.02 Å². The molecule has 0 aliphatic heterocycles. The maximum Gasteiger partial charge on any atom is 0.323 e. The van der Waals surface area contributed by atoms with Crippen LogP contribution in [0, 0.1) is 0 Å². The molecule has 0 aliphatic carbocycles. The van der Waals surface area contributed by atoms with Gasteiger partial charge in [0.15, 0.2) is 0 Å². The Morgan fingerprint density at radius 2 is 1.65 bits per heavy atom. The average molecular weight is 394 g/mol. The number of urea groups is 1. The second kappa shape index (κ2) is 6.68. The molecular formula is C13H8BrCl3N2O. The van der Waals surface area contributed by atoms with Crippen LogP contribution in [0.15, 0.2) is 40.9 Å². The van der Waals surface area contributed by atoms with Crippen molar-refractivity contribution in [2.75, 3.05) is 10.6 Å².